The molecule has 1 aromatic heterocycles. The molecule has 0 fully saturated rings. The van der Waals surface area contributed by atoms with E-state index >= 15 is 0 Å². The summed E-state index contributed by atoms with van der Waals surface area (Å²) in [6, 6.07) is 10.5. The molecule has 0 atom stereocenters. The molecule has 0 aliphatic carbocycles. The van der Waals surface area contributed by atoms with Crippen molar-refractivity contribution in [1.29, 1.82) is 0 Å². The standard InChI is InChI=1S/C17H23N3/c1-17(2,3)12-20-15-9-10-18-11-14(15)19-16(20)13-7-5-4-6-8-13/h4-8,18H,9-12H2,1-3H3. The molecule has 3 heteroatoms. The van der Waals surface area contributed by atoms with E-state index in [0.717, 1.165) is 31.9 Å². The SMILES string of the molecule is CC(C)(C)Cn1c(-c2ccccc2)nc2c1CCNC2. The molecule has 0 bridgehead atoms. The molecule has 1 N–H and O–H groups in total. The van der Waals surface area contributed by atoms with Gasteiger partial charge in [0.25, 0.3) is 0 Å². The minimum absolute atomic E-state index is 0.253. The van der Waals surface area contributed by atoms with Crippen LogP contribution in [0.2, 0.25) is 0 Å². The number of imidazole rings is 1. The molecule has 0 radical (unpaired) electrons. The highest BCUT2D eigenvalue weighted by Gasteiger charge is 2.23. The Morgan fingerprint density at radius 2 is 1.95 bits per heavy atom. The predicted molar refractivity (Wildman–Crippen MR) is 82.5 cm³/mol. The highest BCUT2D eigenvalue weighted by molar-refractivity contribution is 5.57. The first-order valence-electron chi connectivity index (χ1n) is 7.39. The molecule has 0 saturated heterocycles. The van der Waals surface area contributed by atoms with E-state index in [4.69, 9.17) is 4.98 Å². The van der Waals surface area contributed by atoms with Crippen LogP contribution in [0.4, 0.5) is 0 Å². The number of hydrogen-bond donors (Lipinski definition) is 1. The Balaban J connectivity index is 2.11. The van der Waals surface area contributed by atoms with Gasteiger partial charge in [-0.1, -0.05) is 51.1 Å². The van der Waals surface area contributed by atoms with Crippen LogP contribution >= 0.6 is 0 Å². The molecule has 20 heavy (non-hydrogen) atoms. The lowest BCUT2D eigenvalue weighted by molar-refractivity contribution is 0.339. The molecule has 1 aliphatic rings. The van der Waals surface area contributed by atoms with Gasteiger partial charge in [0.1, 0.15) is 5.82 Å². The van der Waals surface area contributed by atoms with E-state index in [9.17, 15) is 0 Å². The van der Waals surface area contributed by atoms with Gasteiger partial charge in [-0.05, 0) is 5.41 Å². The van der Waals surface area contributed by atoms with Crippen molar-refractivity contribution in [2.75, 3.05) is 6.54 Å². The maximum atomic E-state index is 4.91. The summed E-state index contributed by atoms with van der Waals surface area (Å²) in [4.78, 5) is 4.91. The summed E-state index contributed by atoms with van der Waals surface area (Å²) in [5, 5.41) is 3.42. The lowest BCUT2D eigenvalue weighted by Crippen LogP contribution is -2.26. The first kappa shape index (κ1) is 13.4. The van der Waals surface area contributed by atoms with E-state index in [-0.39, 0.29) is 5.41 Å². The van der Waals surface area contributed by atoms with E-state index in [0.29, 0.717) is 0 Å². The molecule has 0 amide bonds. The summed E-state index contributed by atoms with van der Waals surface area (Å²) in [5.74, 6) is 1.12. The summed E-state index contributed by atoms with van der Waals surface area (Å²) >= 11 is 0. The Hall–Kier alpha value is -1.61. The molecule has 106 valence electrons. The molecule has 3 nitrogen and oxygen atoms in total. The first-order valence-corrected chi connectivity index (χ1v) is 7.39. The van der Waals surface area contributed by atoms with Crippen LogP contribution < -0.4 is 5.32 Å². The maximum Gasteiger partial charge on any atom is 0.140 e. The van der Waals surface area contributed by atoms with Crippen molar-refractivity contribution in [3.05, 3.63) is 41.7 Å². The molecular formula is C17H23N3. The third-order valence-corrected chi connectivity index (χ3v) is 3.65. The summed E-state index contributed by atoms with van der Waals surface area (Å²) < 4.78 is 2.44. The quantitative estimate of drug-likeness (QED) is 0.907. The Bertz CT molecular complexity index is 591. The van der Waals surface area contributed by atoms with E-state index < -0.39 is 0 Å². The van der Waals surface area contributed by atoms with Crippen LogP contribution in [0.25, 0.3) is 11.4 Å². The van der Waals surface area contributed by atoms with Gasteiger partial charge in [-0.2, -0.15) is 0 Å². The molecule has 0 saturated carbocycles. The molecule has 0 spiro atoms. The highest BCUT2D eigenvalue weighted by Crippen LogP contribution is 2.28. The van der Waals surface area contributed by atoms with Gasteiger partial charge in [0, 0.05) is 37.3 Å². The van der Waals surface area contributed by atoms with Crippen molar-refractivity contribution < 1.29 is 0 Å². The second kappa shape index (κ2) is 5.06. The number of benzene rings is 1. The van der Waals surface area contributed by atoms with Gasteiger partial charge >= 0.3 is 0 Å². The Morgan fingerprint density at radius 3 is 2.65 bits per heavy atom. The van der Waals surface area contributed by atoms with Crippen molar-refractivity contribution in [1.82, 2.24) is 14.9 Å². The number of nitrogens with one attached hydrogen (secondary N) is 1. The van der Waals surface area contributed by atoms with Gasteiger partial charge in [-0.15, -0.1) is 0 Å². The summed E-state index contributed by atoms with van der Waals surface area (Å²) in [5.41, 5.74) is 4.10. The monoisotopic (exact) mass is 269 g/mol. The van der Waals surface area contributed by atoms with Crippen LogP contribution in [0.1, 0.15) is 32.2 Å². The van der Waals surface area contributed by atoms with Gasteiger partial charge in [-0.3, -0.25) is 0 Å². The molecule has 1 aliphatic heterocycles. The Kier molecular flexibility index (Phi) is 3.38. The molecule has 0 unspecified atom stereocenters. The fraction of sp³-hybridized carbons (Fsp3) is 0.471. The van der Waals surface area contributed by atoms with Crippen LogP contribution in [0.15, 0.2) is 30.3 Å². The average molecular weight is 269 g/mol. The van der Waals surface area contributed by atoms with E-state index in [2.05, 4.69) is 61.0 Å². The van der Waals surface area contributed by atoms with Crippen LogP contribution in [0.3, 0.4) is 0 Å². The van der Waals surface area contributed by atoms with Gasteiger partial charge < -0.3 is 9.88 Å². The lowest BCUT2D eigenvalue weighted by Gasteiger charge is -2.24. The largest absolute Gasteiger partial charge is 0.327 e. The fourth-order valence-electron chi connectivity index (χ4n) is 2.82. The van der Waals surface area contributed by atoms with Crippen molar-refractivity contribution >= 4 is 0 Å². The molecule has 1 aromatic carbocycles. The van der Waals surface area contributed by atoms with Crippen LogP contribution in [-0.4, -0.2) is 16.1 Å². The second-order valence-corrected chi connectivity index (χ2v) is 6.77. The van der Waals surface area contributed by atoms with E-state index in [1.165, 1.54) is 17.0 Å². The molecule has 3 rings (SSSR count). The summed E-state index contributed by atoms with van der Waals surface area (Å²) in [6.07, 6.45) is 1.07. The van der Waals surface area contributed by atoms with Crippen molar-refractivity contribution in [3.8, 4) is 11.4 Å². The van der Waals surface area contributed by atoms with Crippen molar-refractivity contribution in [2.45, 2.75) is 40.3 Å². The summed E-state index contributed by atoms with van der Waals surface area (Å²) in [6.45, 7) is 9.82. The normalized spacial score (nSPS) is 15.2. The topological polar surface area (TPSA) is 29.9 Å². The third-order valence-electron chi connectivity index (χ3n) is 3.65. The zero-order valence-electron chi connectivity index (χ0n) is 12.6. The maximum absolute atomic E-state index is 4.91. The minimum atomic E-state index is 0.253. The minimum Gasteiger partial charge on any atom is -0.327 e. The Labute approximate surface area is 121 Å². The Morgan fingerprint density at radius 1 is 1.20 bits per heavy atom. The van der Waals surface area contributed by atoms with Gasteiger partial charge in [0.05, 0.1) is 5.69 Å². The third kappa shape index (κ3) is 2.63. The highest BCUT2D eigenvalue weighted by atomic mass is 15.1. The number of nitrogens with zero attached hydrogens (tertiary/aromatic N) is 2. The summed E-state index contributed by atoms with van der Waals surface area (Å²) in [7, 11) is 0. The number of hydrogen-bond acceptors (Lipinski definition) is 2. The predicted octanol–water partition coefficient (Wildman–Crippen LogP) is 3.24. The number of fused-ring (bicyclic) bond motifs is 1. The van der Waals surface area contributed by atoms with Crippen molar-refractivity contribution in [2.24, 2.45) is 5.41 Å². The second-order valence-electron chi connectivity index (χ2n) is 6.77. The van der Waals surface area contributed by atoms with Crippen molar-refractivity contribution in [3.63, 3.8) is 0 Å². The van der Waals surface area contributed by atoms with Crippen LogP contribution in [-0.2, 0) is 19.5 Å². The number of rotatable bonds is 2. The van der Waals surface area contributed by atoms with Gasteiger partial charge in [0.2, 0.25) is 0 Å². The smallest absolute Gasteiger partial charge is 0.140 e. The molecule has 2 heterocycles. The van der Waals surface area contributed by atoms with Crippen LogP contribution in [0.5, 0.6) is 0 Å². The first-order chi connectivity index (χ1) is 9.54. The van der Waals surface area contributed by atoms with E-state index in [1.54, 1.807) is 0 Å². The molecular weight excluding hydrogens is 246 g/mol. The molecule has 2 aromatic rings. The fourth-order valence-corrected chi connectivity index (χ4v) is 2.82. The number of aromatic nitrogens is 2. The van der Waals surface area contributed by atoms with E-state index in [1.807, 2.05) is 0 Å². The average Bonchev–Trinajstić information content (AvgIpc) is 2.77. The van der Waals surface area contributed by atoms with Crippen LogP contribution in [0, 0.1) is 5.41 Å². The zero-order valence-corrected chi connectivity index (χ0v) is 12.6. The van der Waals surface area contributed by atoms with Gasteiger partial charge in [-0.25, -0.2) is 4.98 Å². The van der Waals surface area contributed by atoms with Gasteiger partial charge in [0.15, 0.2) is 0 Å². The zero-order chi connectivity index (χ0) is 14.2. The lowest BCUT2D eigenvalue weighted by atomic mass is 9.96.